The number of nitrogens with one attached hydrogen (secondary N) is 1. The molecule has 3 rings (SSSR count). The van der Waals surface area contributed by atoms with Gasteiger partial charge >= 0.3 is 0 Å². The van der Waals surface area contributed by atoms with Crippen molar-refractivity contribution in [2.75, 3.05) is 5.32 Å². The van der Waals surface area contributed by atoms with Crippen LogP contribution in [0.25, 0.3) is 11.0 Å². The Kier molecular flexibility index (Phi) is 3.90. The average Bonchev–Trinajstić information content (AvgIpc) is 2.91. The van der Waals surface area contributed by atoms with Gasteiger partial charge in [-0.2, -0.15) is 5.10 Å². The monoisotopic (exact) mass is 286 g/mol. The molecule has 1 aliphatic rings. The largest absolute Gasteiger partial charge is 0.381 e. The van der Waals surface area contributed by atoms with E-state index < -0.39 is 0 Å². The van der Waals surface area contributed by atoms with Crippen molar-refractivity contribution >= 4 is 23.0 Å². The van der Waals surface area contributed by atoms with Crippen molar-refractivity contribution < 1.29 is 4.79 Å². The van der Waals surface area contributed by atoms with Crippen LogP contribution in [0.5, 0.6) is 0 Å². The Balaban J connectivity index is 2.08. The summed E-state index contributed by atoms with van der Waals surface area (Å²) in [5.41, 5.74) is 3.22. The summed E-state index contributed by atoms with van der Waals surface area (Å²) in [7, 11) is 0. The summed E-state index contributed by atoms with van der Waals surface area (Å²) in [6.45, 7) is 4.72. The van der Waals surface area contributed by atoms with Gasteiger partial charge in [0.1, 0.15) is 0 Å². The molecule has 0 spiro atoms. The lowest BCUT2D eigenvalue weighted by molar-refractivity contribution is 0.112. The zero-order valence-electron chi connectivity index (χ0n) is 12.7. The van der Waals surface area contributed by atoms with Gasteiger partial charge in [0.25, 0.3) is 0 Å². The van der Waals surface area contributed by atoms with Crippen molar-refractivity contribution in [3.63, 3.8) is 0 Å². The van der Waals surface area contributed by atoms with E-state index in [1.165, 1.54) is 32.1 Å². The molecule has 0 amide bonds. The van der Waals surface area contributed by atoms with Gasteiger partial charge < -0.3 is 5.32 Å². The van der Waals surface area contributed by atoms with E-state index in [0.29, 0.717) is 11.6 Å². The van der Waals surface area contributed by atoms with E-state index in [1.807, 2.05) is 24.7 Å². The minimum absolute atomic E-state index is 0.451. The zero-order chi connectivity index (χ0) is 14.8. The Labute approximate surface area is 124 Å². The highest BCUT2D eigenvalue weighted by atomic mass is 16.1. The Morgan fingerprint density at radius 2 is 2.14 bits per heavy atom. The number of carbonyl (C=O) groups is 1. The maximum Gasteiger partial charge on any atom is 0.160 e. The number of nitrogens with zero attached hydrogens (tertiary/aromatic N) is 3. The van der Waals surface area contributed by atoms with Crippen LogP contribution in [0, 0.1) is 6.92 Å². The molecular formula is C16H22N4O. The van der Waals surface area contributed by atoms with Gasteiger partial charge in [0.2, 0.25) is 0 Å². The number of aldehydes is 1. The van der Waals surface area contributed by atoms with Gasteiger partial charge in [0.15, 0.2) is 11.9 Å². The standard InChI is InChI=1S/C16H22N4O/c1-3-20-16-13(9-17-20)15(14(10-21)11(2)18-16)19-12-7-5-4-6-8-12/h9-10,12H,3-8H2,1-2H3,(H,18,19). The van der Waals surface area contributed by atoms with E-state index >= 15 is 0 Å². The number of pyridine rings is 1. The van der Waals surface area contributed by atoms with Crippen LogP contribution in [0.2, 0.25) is 0 Å². The van der Waals surface area contributed by atoms with Gasteiger partial charge in [0.05, 0.1) is 28.5 Å². The summed E-state index contributed by atoms with van der Waals surface area (Å²) in [6.07, 6.45) is 8.91. The highest BCUT2D eigenvalue weighted by Gasteiger charge is 2.20. The molecule has 2 aromatic rings. The van der Waals surface area contributed by atoms with Crippen molar-refractivity contribution in [1.29, 1.82) is 0 Å². The molecule has 1 fully saturated rings. The number of aromatic nitrogens is 3. The second kappa shape index (κ2) is 5.84. The molecule has 5 heteroatoms. The van der Waals surface area contributed by atoms with Crippen molar-refractivity contribution in [1.82, 2.24) is 14.8 Å². The third kappa shape index (κ3) is 2.52. The summed E-state index contributed by atoms with van der Waals surface area (Å²) in [5.74, 6) is 0. The second-order valence-electron chi connectivity index (χ2n) is 5.78. The molecule has 5 nitrogen and oxygen atoms in total. The van der Waals surface area contributed by atoms with Gasteiger partial charge in [0, 0.05) is 12.6 Å². The maximum absolute atomic E-state index is 11.5. The van der Waals surface area contributed by atoms with Gasteiger partial charge in [-0.15, -0.1) is 0 Å². The molecule has 112 valence electrons. The van der Waals surface area contributed by atoms with E-state index in [0.717, 1.165) is 35.2 Å². The van der Waals surface area contributed by atoms with Crippen LogP contribution in [-0.4, -0.2) is 27.1 Å². The summed E-state index contributed by atoms with van der Waals surface area (Å²) < 4.78 is 1.88. The van der Waals surface area contributed by atoms with E-state index in [1.54, 1.807) is 0 Å². The average molecular weight is 286 g/mol. The Morgan fingerprint density at radius 1 is 1.38 bits per heavy atom. The number of anilines is 1. The lowest BCUT2D eigenvalue weighted by atomic mass is 9.95. The molecule has 0 radical (unpaired) electrons. The number of rotatable bonds is 4. The van der Waals surface area contributed by atoms with Gasteiger partial charge in [-0.3, -0.25) is 4.79 Å². The fourth-order valence-corrected chi connectivity index (χ4v) is 3.20. The van der Waals surface area contributed by atoms with Crippen molar-refractivity contribution in [2.45, 2.75) is 58.5 Å². The Morgan fingerprint density at radius 3 is 2.81 bits per heavy atom. The van der Waals surface area contributed by atoms with Gasteiger partial charge in [-0.1, -0.05) is 19.3 Å². The second-order valence-corrected chi connectivity index (χ2v) is 5.78. The van der Waals surface area contributed by atoms with Crippen LogP contribution < -0.4 is 5.32 Å². The van der Waals surface area contributed by atoms with Crippen LogP contribution in [0.4, 0.5) is 5.69 Å². The Bertz CT molecular complexity index is 656. The zero-order valence-corrected chi connectivity index (χ0v) is 12.7. The predicted molar refractivity (Wildman–Crippen MR) is 83.8 cm³/mol. The highest BCUT2D eigenvalue weighted by molar-refractivity contribution is 6.00. The first-order valence-corrected chi connectivity index (χ1v) is 7.82. The SMILES string of the molecule is CCn1ncc2c(NC3CCCCC3)c(C=O)c(C)nc21. The van der Waals surface area contributed by atoms with Gasteiger partial charge in [-0.05, 0) is 26.7 Å². The first-order chi connectivity index (χ1) is 10.2. The first kappa shape index (κ1) is 14.0. The van der Waals surface area contributed by atoms with E-state index in [-0.39, 0.29) is 0 Å². The normalized spacial score (nSPS) is 16.3. The number of aryl methyl sites for hydroxylation is 2. The maximum atomic E-state index is 11.5. The number of hydrogen-bond donors (Lipinski definition) is 1. The fourth-order valence-electron chi connectivity index (χ4n) is 3.20. The van der Waals surface area contributed by atoms with Gasteiger partial charge in [-0.25, -0.2) is 9.67 Å². The number of fused-ring (bicyclic) bond motifs is 1. The minimum atomic E-state index is 0.451. The van der Waals surface area contributed by atoms with Crippen LogP contribution in [0.1, 0.15) is 55.1 Å². The molecule has 0 atom stereocenters. The lowest BCUT2D eigenvalue weighted by Gasteiger charge is -2.25. The molecule has 2 heterocycles. The van der Waals surface area contributed by atoms with Crippen LogP contribution in [-0.2, 0) is 6.54 Å². The molecule has 0 saturated heterocycles. The summed E-state index contributed by atoms with van der Waals surface area (Å²) in [4.78, 5) is 16.1. The van der Waals surface area contributed by atoms with Crippen LogP contribution in [0.3, 0.4) is 0 Å². The molecule has 21 heavy (non-hydrogen) atoms. The Hall–Kier alpha value is -1.91. The van der Waals surface area contributed by atoms with Crippen molar-refractivity contribution in [2.24, 2.45) is 0 Å². The molecule has 0 bridgehead atoms. The highest BCUT2D eigenvalue weighted by Crippen LogP contribution is 2.30. The lowest BCUT2D eigenvalue weighted by Crippen LogP contribution is -2.23. The first-order valence-electron chi connectivity index (χ1n) is 7.82. The molecular weight excluding hydrogens is 264 g/mol. The molecule has 2 aromatic heterocycles. The number of carbonyl (C=O) groups excluding carboxylic acids is 1. The number of hydrogen-bond acceptors (Lipinski definition) is 4. The van der Waals surface area contributed by atoms with Crippen molar-refractivity contribution in [3.8, 4) is 0 Å². The van der Waals surface area contributed by atoms with Crippen LogP contribution in [0.15, 0.2) is 6.20 Å². The summed E-state index contributed by atoms with van der Waals surface area (Å²) in [6, 6.07) is 0.451. The molecule has 1 N–H and O–H groups in total. The van der Waals surface area contributed by atoms with E-state index in [4.69, 9.17) is 0 Å². The molecule has 1 aliphatic carbocycles. The third-order valence-electron chi connectivity index (χ3n) is 4.38. The molecule has 0 aromatic carbocycles. The predicted octanol–water partition coefficient (Wildman–Crippen LogP) is 3.32. The van der Waals surface area contributed by atoms with Crippen LogP contribution >= 0.6 is 0 Å². The molecule has 0 unspecified atom stereocenters. The smallest absolute Gasteiger partial charge is 0.160 e. The molecule has 1 saturated carbocycles. The summed E-state index contributed by atoms with van der Waals surface area (Å²) >= 11 is 0. The topological polar surface area (TPSA) is 59.8 Å². The third-order valence-corrected chi connectivity index (χ3v) is 4.38. The van der Waals surface area contributed by atoms with Crippen molar-refractivity contribution in [3.05, 3.63) is 17.5 Å². The van der Waals surface area contributed by atoms with E-state index in [2.05, 4.69) is 15.4 Å². The molecule has 0 aliphatic heterocycles. The van der Waals surface area contributed by atoms with E-state index in [9.17, 15) is 4.79 Å². The fraction of sp³-hybridized carbons (Fsp3) is 0.562. The summed E-state index contributed by atoms with van der Waals surface area (Å²) in [5, 5.41) is 8.93. The quantitative estimate of drug-likeness (QED) is 0.876. The minimum Gasteiger partial charge on any atom is -0.381 e.